The fourth-order valence-electron chi connectivity index (χ4n) is 2.79. The van der Waals surface area contributed by atoms with Crippen LogP contribution in [0, 0.1) is 0 Å². The van der Waals surface area contributed by atoms with Gasteiger partial charge >= 0.3 is 0 Å². The predicted molar refractivity (Wildman–Crippen MR) is 80.8 cm³/mol. The van der Waals surface area contributed by atoms with E-state index < -0.39 is 0 Å². The Morgan fingerprint density at radius 1 is 1.50 bits per heavy atom. The average Bonchev–Trinajstić information content (AvgIpc) is 2.47. The van der Waals surface area contributed by atoms with Gasteiger partial charge in [0.1, 0.15) is 18.0 Å². The Kier molecular flexibility index (Phi) is 5.14. The summed E-state index contributed by atoms with van der Waals surface area (Å²) in [5, 5.41) is 0. The van der Waals surface area contributed by atoms with Crippen molar-refractivity contribution in [3.05, 3.63) is 11.9 Å². The molecule has 20 heavy (non-hydrogen) atoms. The third-order valence-corrected chi connectivity index (χ3v) is 3.66. The van der Waals surface area contributed by atoms with Crippen LogP contribution in [0.5, 0.6) is 0 Å². The van der Waals surface area contributed by atoms with E-state index in [9.17, 15) is 0 Å². The van der Waals surface area contributed by atoms with Crippen LogP contribution in [0.4, 0.5) is 11.6 Å². The zero-order valence-electron chi connectivity index (χ0n) is 12.6. The van der Waals surface area contributed by atoms with Crippen LogP contribution in [0.15, 0.2) is 6.33 Å². The van der Waals surface area contributed by atoms with Gasteiger partial charge in [-0.25, -0.2) is 15.8 Å². The molecule has 0 aliphatic carbocycles. The summed E-state index contributed by atoms with van der Waals surface area (Å²) in [4.78, 5) is 11.0. The number of hydrazine groups is 1. The third kappa shape index (κ3) is 3.19. The summed E-state index contributed by atoms with van der Waals surface area (Å²) in [6, 6.07) is 0. The lowest BCUT2D eigenvalue weighted by Crippen LogP contribution is -2.41. The van der Waals surface area contributed by atoms with Gasteiger partial charge in [-0.3, -0.25) is 0 Å². The number of aromatic nitrogens is 2. The van der Waals surface area contributed by atoms with Gasteiger partial charge in [0.25, 0.3) is 0 Å². The topological polar surface area (TPSA) is 76.3 Å². The summed E-state index contributed by atoms with van der Waals surface area (Å²) in [7, 11) is 0. The van der Waals surface area contributed by atoms with Crippen LogP contribution < -0.4 is 16.2 Å². The standard InChI is InChI=1S/C14H25N5O/c1-4-20-11-6-5-7-19(8-11)14-12(10(2)3)13(18-15)16-9-17-14/h9-11H,4-8,15H2,1-3H3,(H,16,17,18). The van der Waals surface area contributed by atoms with Gasteiger partial charge in [-0.15, -0.1) is 0 Å². The summed E-state index contributed by atoms with van der Waals surface area (Å²) >= 11 is 0. The largest absolute Gasteiger partial charge is 0.377 e. The van der Waals surface area contributed by atoms with Gasteiger partial charge in [-0.2, -0.15) is 0 Å². The molecule has 0 aromatic carbocycles. The summed E-state index contributed by atoms with van der Waals surface area (Å²) in [5.74, 6) is 7.58. The molecule has 0 radical (unpaired) electrons. The Morgan fingerprint density at radius 3 is 2.95 bits per heavy atom. The lowest BCUT2D eigenvalue weighted by atomic mass is 10.0. The quantitative estimate of drug-likeness (QED) is 0.633. The van der Waals surface area contributed by atoms with E-state index in [1.807, 2.05) is 6.92 Å². The van der Waals surface area contributed by atoms with E-state index in [0.29, 0.717) is 11.7 Å². The Bertz CT molecular complexity index is 436. The number of hydrogen-bond donors (Lipinski definition) is 2. The number of anilines is 2. The summed E-state index contributed by atoms with van der Waals surface area (Å²) in [5.41, 5.74) is 3.76. The van der Waals surface area contributed by atoms with Crippen molar-refractivity contribution in [3.63, 3.8) is 0 Å². The number of hydrogen-bond acceptors (Lipinski definition) is 6. The molecule has 1 aromatic heterocycles. The predicted octanol–water partition coefficient (Wildman–Crippen LogP) is 1.89. The van der Waals surface area contributed by atoms with E-state index in [1.54, 1.807) is 6.33 Å². The van der Waals surface area contributed by atoms with Gasteiger partial charge in [0.05, 0.1) is 6.10 Å². The Morgan fingerprint density at radius 2 is 2.30 bits per heavy atom. The second kappa shape index (κ2) is 6.85. The van der Waals surface area contributed by atoms with Crippen molar-refractivity contribution >= 4 is 11.6 Å². The maximum atomic E-state index is 5.77. The molecular formula is C14H25N5O. The highest BCUT2D eigenvalue weighted by atomic mass is 16.5. The van der Waals surface area contributed by atoms with Crippen molar-refractivity contribution in [3.8, 4) is 0 Å². The number of nitrogens with zero attached hydrogens (tertiary/aromatic N) is 3. The van der Waals surface area contributed by atoms with Crippen LogP contribution in [-0.4, -0.2) is 35.8 Å². The Labute approximate surface area is 120 Å². The first kappa shape index (κ1) is 15.0. The van der Waals surface area contributed by atoms with Crippen LogP contribution in [0.1, 0.15) is 45.1 Å². The molecule has 0 saturated carbocycles. The van der Waals surface area contributed by atoms with E-state index in [1.165, 1.54) is 0 Å². The lowest BCUT2D eigenvalue weighted by Gasteiger charge is -2.35. The van der Waals surface area contributed by atoms with Gasteiger partial charge in [-0.05, 0) is 25.7 Å². The Balaban J connectivity index is 2.27. The molecular weight excluding hydrogens is 254 g/mol. The Hall–Kier alpha value is -1.40. The molecule has 1 atom stereocenters. The smallest absolute Gasteiger partial charge is 0.148 e. The SMILES string of the molecule is CCOC1CCCN(c2ncnc(NN)c2C(C)C)C1. The fourth-order valence-corrected chi connectivity index (χ4v) is 2.79. The van der Waals surface area contributed by atoms with E-state index in [0.717, 1.165) is 43.9 Å². The maximum absolute atomic E-state index is 5.77. The molecule has 0 bridgehead atoms. The molecule has 0 spiro atoms. The van der Waals surface area contributed by atoms with Crippen molar-refractivity contribution in [2.24, 2.45) is 5.84 Å². The van der Waals surface area contributed by atoms with Gasteiger partial charge in [0.2, 0.25) is 0 Å². The average molecular weight is 279 g/mol. The number of nitrogens with two attached hydrogens (primary N) is 1. The molecule has 1 aliphatic rings. The van der Waals surface area contributed by atoms with Crippen molar-refractivity contribution < 1.29 is 4.74 Å². The van der Waals surface area contributed by atoms with Gasteiger partial charge < -0.3 is 15.1 Å². The molecule has 1 aromatic rings. The summed E-state index contributed by atoms with van der Waals surface area (Å²) < 4.78 is 5.77. The monoisotopic (exact) mass is 279 g/mol. The summed E-state index contributed by atoms with van der Waals surface area (Å²) in [6.07, 6.45) is 4.10. The van der Waals surface area contributed by atoms with Crippen molar-refractivity contribution in [2.45, 2.75) is 45.6 Å². The van der Waals surface area contributed by atoms with Crippen LogP contribution in [-0.2, 0) is 4.74 Å². The van der Waals surface area contributed by atoms with Gasteiger partial charge in [-0.1, -0.05) is 13.8 Å². The van der Waals surface area contributed by atoms with Crippen molar-refractivity contribution in [2.75, 3.05) is 30.0 Å². The number of rotatable bonds is 5. The van der Waals surface area contributed by atoms with E-state index in [2.05, 4.69) is 34.1 Å². The molecule has 1 unspecified atom stereocenters. The van der Waals surface area contributed by atoms with Gasteiger partial charge in [0, 0.05) is 25.3 Å². The number of piperidine rings is 1. The number of nitrogen functional groups attached to an aromatic ring is 1. The van der Waals surface area contributed by atoms with E-state index in [4.69, 9.17) is 10.6 Å². The van der Waals surface area contributed by atoms with Crippen LogP contribution in [0.25, 0.3) is 0 Å². The third-order valence-electron chi connectivity index (χ3n) is 3.66. The van der Waals surface area contributed by atoms with Crippen LogP contribution >= 0.6 is 0 Å². The first-order valence-corrected chi connectivity index (χ1v) is 7.35. The zero-order chi connectivity index (χ0) is 14.5. The van der Waals surface area contributed by atoms with E-state index in [-0.39, 0.29) is 6.10 Å². The molecule has 112 valence electrons. The minimum atomic E-state index is 0.290. The van der Waals surface area contributed by atoms with Crippen molar-refractivity contribution in [1.82, 2.24) is 9.97 Å². The molecule has 1 aliphatic heterocycles. The van der Waals surface area contributed by atoms with Crippen molar-refractivity contribution in [1.29, 1.82) is 0 Å². The van der Waals surface area contributed by atoms with Gasteiger partial charge in [0.15, 0.2) is 0 Å². The molecule has 1 fully saturated rings. The highest BCUT2D eigenvalue weighted by Gasteiger charge is 2.25. The number of ether oxygens (including phenoxy) is 1. The highest BCUT2D eigenvalue weighted by molar-refractivity contribution is 5.60. The lowest BCUT2D eigenvalue weighted by molar-refractivity contribution is 0.0524. The molecule has 2 heterocycles. The second-order valence-electron chi connectivity index (χ2n) is 5.42. The maximum Gasteiger partial charge on any atom is 0.148 e. The summed E-state index contributed by atoms with van der Waals surface area (Å²) in [6.45, 7) is 8.95. The second-order valence-corrected chi connectivity index (χ2v) is 5.42. The molecule has 3 N–H and O–H groups in total. The highest BCUT2D eigenvalue weighted by Crippen LogP contribution is 2.32. The number of nitrogens with one attached hydrogen (secondary N) is 1. The molecule has 6 heteroatoms. The van der Waals surface area contributed by atoms with E-state index >= 15 is 0 Å². The minimum Gasteiger partial charge on any atom is -0.377 e. The molecule has 1 saturated heterocycles. The van der Waals surface area contributed by atoms with Crippen LogP contribution in [0.2, 0.25) is 0 Å². The molecule has 6 nitrogen and oxygen atoms in total. The first-order chi connectivity index (χ1) is 9.67. The molecule has 2 rings (SSSR count). The fraction of sp³-hybridized carbons (Fsp3) is 0.714. The molecule has 0 amide bonds. The van der Waals surface area contributed by atoms with Crippen LogP contribution in [0.3, 0.4) is 0 Å². The zero-order valence-corrected chi connectivity index (χ0v) is 12.6. The normalized spacial score (nSPS) is 19.4. The first-order valence-electron chi connectivity index (χ1n) is 7.35. The minimum absolute atomic E-state index is 0.290.